The number of primary amides is 1. The van der Waals surface area contributed by atoms with E-state index in [0.29, 0.717) is 12.0 Å². The molecule has 1 rings (SSSR count). The maximum atomic E-state index is 14.3. The van der Waals surface area contributed by atoms with E-state index < -0.39 is 59.6 Å². The van der Waals surface area contributed by atoms with Gasteiger partial charge >= 0.3 is 12.1 Å². The summed E-state index contributed by atoms with van der Waals surface area (Å²) in [6.45, 7) is 13.9. The molecule has 11 nitrogen and oxygen atoms in total. The Labute approximate surface area is 231 Å². The minimum absolute atomic E-state index is 0.104. The highest BCUT2D eigenvalue weighted by atomic mass is 16.6. The normalized spacial score (nSPS) is 13.1. The number of nitrogens with zero attached hydrogens (tertiary/aromatic N) is 1. The third-order valence-electron chi connectivity index (χ3n) is 6.12. The van der Waals surface area contributed by atoms with E-state index in [1.54, 1.807) is 46.8 Å². The summed E-state index contributed by atoms with van der Waals surface area (Å²) in [5.74, 6) is -2.51. The number of methoxy groups -OCH3 is 1. The van der Waals surface area contributed by atoms with Gasteiger partial charge in [0.2, 0.25) is 17.7 Å². The van der Waals surface area contributed by atoms with Crippen molar-refractivity contribution in [2.24, 2.45) is 5.73 Å². The highest BCUT2D eigenvalue weighted by Gasteiger charge is 2.43. The summed E-state index contributed by atoms with van der Waals surface area (Å²) in [5.41, 5.74) is 5.89. The number of benzene rings is 1. The summed E-state index contributed by atoms with van der Waals surface area (Å²) in [4.78, 5) is 65.5. The molecule has 4 N–H and O–H groups in total. The van der Waals surface area contributed by atoms with Gasteiger partial charge in [-0.05, 0) is 66.9 Å². The predicted molar refractivity (Wildman–Crippen MR) is 146 cm³/mol. The van der Waals surface area contributed by atoms with Gasteiger partial charge in [0.1, 0.15) is 24.2 Å². The molecule has 1 aromatic rings. The van der Waals surface area contributed by atoms with Crippen LogP contribution in [0.4, 0.5) is 4.79 Å². The number of hydrogen-bond acceptors (Lipinski definition) is 7. The quantitative estimate of drug-likeness (QED) is 0.339. The molecule has 0 spiro atoms. The lowest BCUT2D eigenvalue weighted by atomic mass is 9.90. The number of rotatable bonds is 12. The van der Waals surface area contributed by atoms with Crippen LogP contribution in [-0.2, 0) is 28.7 Å². The number of aryl methyl sites for hydroxylation is 2. The molecule has 4 amide bonds. The minimum atomic E-state index is -1.22. The Morgan fingerprint density at radius 3 is 2.03 bits per heavy atom. The van der Waals surface area contributed by atoms with E-state index in [2.05, 4.69) is 15.4 Å². The van der Waals surface area contributed by atoms with Gasteiger partial charge in [-0.2, -0.15) is 0 Å². The Hall–Kier alpha value is -3.63. The van der Waals surface area contributed by atoms with Crippen LogP contribution >= 0.6 is 0 Å². The second-order valence-electron chi connectivity index (χ2n) is 11.2. The fourth-order valence-corrected chi connectivity index (χ4v) is 4.02. The van der Waals surface area contributed by atoms with Crippen molar-refractivity contribution in [2.45, 2.75) is 97.9 Å². The van der Waals surface area contributed by atoms with E-state index in [0.717, 1.165) is 11.1 Å². The maximum absolute atomic E-state index is 14.3. The molecule has 2 unspecified atom stereocenters. The first-order chi connectivity index (χ1) is 17.9. The Morgan fingerprint density at radius 2 is 1.56 bits per heavy atom. The van der Waals surface area contributed by atoms with Gasteiger partial charge in [0.25, 0.3) is 0 Å². The molecule has 0 aliphatic rings. The lowest BCUT2D eigenvalue weighted by Gasteiger charge is -2.44. The third-order valence-corrected chi connectivity index (χ3v) is 6.12. The predicted octanol–water partition coefficient (Wildman–Crippen LogP) is 2.81. The van der Waals surface area contributed by atoms with Crippen LogP contribution in [0.3, 0.4) is 0 Å². The van der Waals surface area contributed by atoms with Crippen molar-refractivity contribution in [1.82, 2.24) is 15.5 Å². The minimum Gasteiger partial charge on any atom is -0.468 e. The zero-order valence-corrected chi connectivity index (χ0v) is 24.6. The van der Waals surface area contributed by atoms with Gasteiger partial charge in [-0.3, -0.25) is 19.2 Å². The van der Waals surface area contributed by atoms with Crippen molar-refractivity contribution in [3.63, 3.8) is 0 Å². The van der Waals surface area contributed by atoms with Crippen LogP contribution < -0.4 is 16.4 Å². The van der Waals surface area contributed by atoms with Crippen LogP contribution in [0.5, 0.6) is 0 Å². The summed E-state index contributed by atoms with van der Waals surface area (Å²) in [6, 6.07) is 3.12. The van der Waals surface area contributed by atoms with Crippen molar-refractivity contribution >= 4 is 29.8 Å². The first-order valence-corrected chi connectivity index (χ1v) is 13.0. The summed E-state index contributed by atoms with van der Waals surface area (Å²) in [6.07, 6.45) is -0.695. The Kier molecular flexibility index (Phi) is 12.0. The lowest BCUT2D eigenvalue weighted by Crippen LogP contribution is -2.59. The number of esters is 1. The fourth-order valence-electron chi connectivity index (χ4n) is 4.02. The number of alkyl carbamates (subject to hydrolysis) is 1. The second kappa shape index (κ2) is 14.0. The number of carbonyl (C=O) groups is 5. The molecular weight excluding hydrogens is 504 g/mol. The molecule has 0 saturated heterocycles. The van der Waals surface area contributed by atoms with Gasteiger partial charge in [-0.1, -0.05) is 36.2 Å². The van der Waals surface area contributed by atoms with Crippen LogP contribution in [0, 0.1) is 13.8 Å². The number of hydrogen-bond donors (Lipinski definition) is 3. The van der Waals surface area contributed by atoms with Crippen LogP contribution in [0.25, 0.3) is 0 Å². The molecule has 0 aliphatic carbocycles. The van der Waals surface area contributed by atoms with E-state index in [9.17, 15) is 24.0 Å². The SMILES string of the molecule is CCC(C)(C)N(C(=O)C(CCC(N)=O)NC(=O)OC(C)(C)C)C(C(=O)NCC(=O)OC)c1cc(C)cc(C)c1. The summed E-state index contributed by atoms with van der Waals surface area (Å²) < 4.78 is 10.0. The molecule has 0 heterocycles. The van der Waals surface area contributed by atoms with Gasteiger partial charge in [0.15, 0.2) is 0 Å². The maximum Gasteiger partial charge on any atom is 0.408 e. The zero-order valence-electron chi connectivity index (χ0n) is 24.6. The molecule has 0 aliphatic heterocycles. The first kappa shape index (κ1) is 33.4. The molecule has 0 aromatic heterocycles. The van der Waals surface area contributed by atoms with Crippen molar-refractivity contribution in [2.75, 3.05) is 13.7 Å². The molecule has 218 valence electrons. The molecule has 0 bridgehead atoms. The van der Waals surface area contributed by atoms with E-state index in [1.165, 1.54) is 12.0 Å². The van der Waals surface area contributed by atoms with Gasteiger partial charge in [0.05, 0.1) is 7.11 Å². The number of amides is 4. The summed E-state index contributed by atoms with van der Waals surface area (Å²) in [5, 5.41) is 5.14. The van der Waals surface area contributed by atoms with Crippen molar-refractivity contribution in [1.29, 1.82) is 0 Å². The van der Waals surface area contributed by atoms with Gasteiger partial charge in [-0.25, -0.2) is 4.79 Å². The summed E-state index contributed by atoms with van der Waals surface area (Å²) in [7, 11) is 1.21. The van der Waals surface area contributed by atoms with Crippen LogP contribution in [0.2, 0.25) is 0 Å². The Morgan fingerprint density at radius 1 is 1.00 bits per heavy atom. The topological polar surface area (TPSA) is 157 Å². The number of nitrogens with two attached hydrogens (primary N) is 1. The smallest absolute Gasteiger partial charge is 0.408 e. The van der Waals surface area contributed by atoms with Crippen LogP contribution in [-0.4, -0.2) is 65.5 Å². The molecular formula is C28H44N4O7. The molecule has 11 heteroatoms. The second-order valence-corrected chi connectivity index (χ2v) is 11.2. The van der Waals surface area contributed by atoms with E-state index in [-0.39, 0.29) is 12.8 Å². The average Bonchev–Trinajstić information content (AvgIpc) is 2.80. The van der Waals surface area contributed by atoms with Crippen molar-refractivity contribution in [3.8, 4) is 0 Å². The monoisotopic (exact) mass is 548 g/mol. The van der Waals surface area contributed by atoms with Gasteiger partial charge in [-0.15, -0.1) is 0 Å². The van der Waals surface area contributed by atoms with Gasteiger partial charge in [0, 0.05) is 12.0 Å². The molecule has 0 saturated carbocycles. The number of carbonyl (C=O) groups excluding carboxylic acids is 5. The highest BCUT2D eigenvalue weighted by Crippen LogP contribution is 2.33. The van der Waals surface area contributed by atoms with E-state index >= 15 is 0 Å². The first-order valence-electron chi connectivity index (χ1n) is 13.0. The largest absolute Gasteiger partial charge is 0.468 e. The number of nitrogens with one attached hydrogen (secondary N) is 2. The third kappa shape index (κ3) is 10.6. The molecule has 1 aromatic carbocycles. The number of ether oxygens (including phenoxy) is 2. The van der Waals surface area contributed by atoms with Crippen molar-refractivity contribution in [3.05, 3.63) is 34.9 Å². The van der Waals surface area contributed by atoms with Crippen molar-refractivity contribution < 1.29 is 33.4 Å². The van der Waals surface area contributed by atoms with Crippen LogP contribution in [0.15, 0.2) is 18.2 Å². The fraction of sp³-hybridized carbons (Fsp3) is 0.607. The van der Waals surface area contributed by atoms with Crippen LogP contribution in [0.1, 0.15) is 83.5 Å². The lowest BCUT2D eigenvalue weighted by molar-refractivity contribution is -0.150. The molecule has 0 radical (unpaired) electrons. The zero-order chi connectivity index (χ0) is 30.1. The average molecular weight is 549 g/mol. The highest BCUT2D eigenvalue weighted by molar-refractivity contribution is 5.94. The standard InChI is InChI=1S/C28H44N4O7/c1-10-28(7,8)32(25(36)20(11-12-21(29)33)31-26(37)39-27(4,5)6)23(24(35)30-16-22(34)38-9)19-14-17(2)13-18(3)15-19/h13-15,20,23H,10-12,16H2,1-9H3,(H2,29,33)(H,30,35)(H,31,37). The van der Waals surface area contributed by atoms with E-state index in [1.807, 2.05) is 26.8 Å². The molecule has 2 atom stereocenters. The van der Waals surface area contributed by atoms with E-state index in [4.69, 9.17) is 10.5 Å². The summed E-state index contributed by atoms with van der Waals surface area (Å²) >= 11 is 0. The van der Waals surface area contributed by atoms with Gasteiger partial charge < -0.3 is 30.7 Å². The molecule has 0 fully saturated rings. The Bertz CT molecular complexity index is 1040. The molecule has 39 heavy (non-hydrogen) atoms. The Balaban J connectivity index is 3.71.